The molecule has 1 aliphatic rings. The van der Waals surface area contributed by atoms with Crippen LogP contribution < -0.4 is 10.1 Å². The van der Waals surface area contributed by atoms with Crippen LogP contribution in [-0.2, 0) is 11.2 Å². The first kappa shape index (κ1) is 17.2. The van der Waals surface area contributed by atoms with Crippen molar-refractivity contribution in [2.75, 3.05) is 25.0 Å². The summed E-state index contributed by atoms with van der Waals surface area (Å²) in [5, 5.41) is 11.3. The Labute approximate surface area is 148 Å². The van der Waals surface area contributed by atoms with Crippen LogP contribution in [0.15, 0.2) is 42.6 Å². The molecule has 132 valence electrons. The van der Waals surface area contributed by atoms with E-state index < -0.39 is 0 Å². The minimum Gasteiger partial charge on any atom is -0.483 e. The Morgan fingerprint density at radius 2 is 2.04 bits per heavy atom. The van der Waals surface area contributed by atoms with Gasteiger partial charge in [-0.05, 0) is 43.0 Å². The number of piperidine rings is 1. The lowest BCUT2D eigenvalue weighted by atomic mass is 10.1. The second-order valence-corrected chi connectivity index (χ2v) is 6.16. The van der Waals surface area contributed by atoms with Crippen molar-refractivity contribution in [3.63, 3.8) is 0 Å². The van der Waals surface area contributed by atoms with Gasteiger partial charge in [0.1, 0.15) is 11.6 Å². The molecule has 0 unspecified atom stereocenters. The molecule has 0 saturated carbocycles. The molecule has 0 aliphatic carbocycles. The van der Waals surface area contributed by atoms with E-state index in [1.54, 1.807) is 6.20 Å². The van der Waals surface area contributed by atoms with Gasteiger partial charge in [-0.15, -0.1) is 5.10 Å². The minimum atomic E-state index is 0.0452. The number of aryl methyl sites for hydroxylation is 1. The van der Waals surface area contributed by atoms with Gasteiger partial charge in [0.15, 0.2) is 6.61 Å². The Morgan fingerprint density at radius 1 is 1.24 bits per heavy atom. The standard InChI is InChI=1S/C19H24N4O2/c1-2-15-6-3-4-7-17(15)25-14-19(24)23-12-9-16(10-13-23)21-18-8-5-11-20-22-18/h3-8,11,16H,2,9-10,12-14H2,1H3,(H,21,22). The summed E-state index contributed by atoms with van der Waals surface area (Å²) in [7, 11) is 0. The average Bonchev–Trinajstić information content (AvgIpc) is 2.67. The minimum absolute atomic E-state index is 0.0452. The first-order valence-corrected chi connectivity index (χ1v) is 8.79. The van der Waals surface area contributed by atoms with Crippen LogP contribution >= 0.6 is 0 Å². The normalized spacial score (nSPS) is 15.0. The number of para-hydroxylation sites is 1. The largest absolute Gasteiger partial charge is 0.483 e. The highest BCUT2D eigenvalue weighted by molar-refractivity contribution is 5.78. The first-order chi connectivity index (χ1) is 12.3. The molecule has 1 amide bonds. The van der Waals surface area contributed by atoms with Gasteiger partial charge >= 0.3 is 0 Å². The molecule has 6 heteroatoms. The summed E-state index contributed by atoms with van der Waals surface area (Å²) in [5.74, 6) is 1.63. The lowest BCUT2D eigenvalue weighted by molar-refractivity contribution is -0.134. The smallest absolute Gasteiger partial charge is 0.260 e. The number of carbonyl (C=O) groups is 1. The third kappa shape index (κ3) is 4.68. The van der Waals surface area contributed by atoms with Gasteiger partial charge in [0.05, 0.1) is 0 Å². The predicted octanol–water partition coefficient (Wildman–Crippen LogP) is 2.52. The first-order valence-electron chi connectivity index (χ1n) is 8.79. The Kier molecular flexibility index (Phi) is 5.82. The van der Waals surface area contributed by atoms with E-state index in [0.29, 0.717) is 6.04 Å². The number of nitrogens with one attached hydrogen (secondary N) is 1. The summed E-state index contributed by atoms with van der Waals surface area (Å²) in [5.41, 5.74) is 1.13. The summed E-state index contributed by atoms with van der Waals surface area (Å²) < 4.78 is 5.74. The van der Waals surface area contributed by atoms with Gasteiger partial charge in [0.2, 0.25) is 0 Å². The summed E-state index contributed by atoms with van der Waals surface area (Å²) in [6.07, 6.45) is 4.34. The lowest BCUT2D eigenvalue weighted by Gasteiger charge is -2.32. The molecule has 2 heterocycles. The molecule has 1 aromatic carbocycles. The van der Waals surface area contributed by atoms with Crippen molar-refractivity contribution in [2.45, 2.75) is 32.2 Å². The van der Waals surface area contributed by atoms with E-state index in [0.717, 1.165) is 49.5 Å². The molecule has 1 saturated heterocycles. The second kappa shape index (κ2) is 8.46. The van der Waals surface area contributed by atoms with Gasteiger partial charge in [0.25, 0.3) is 5.91 Å². The molecule has 1 aromatic heterocycles. The molecule has 1 N–H and O–H groups in total. The fourth-order valence-corrected chi connectivity index (χ4v) is 3.03. The molecule has 0 bridgehead atoms. The van der Waals surface area contributed by atoms with Crippen LogP contribution in [0.2, 0.25) is 0 Å². The summed E-state index contributed by atoms with van der Waals surface area (Å²) in [4.78, 5) is 14.3. The number of benzene rings is 1. The molecule has 1 fully saturated rings. The summed E-state index contributed by atoms with van der Waals surface area (Å²) in [6.45, 7) is 3.64. The van der Waals surface area contributed by atoms with Gasteiger partial charge in [-0.2, -0.15) is 5.10 Å². The van der Waals surface area contributed by atoms with Crippen molar-refractivity contribution in [1.29, 1.82) is 0 Å². The van der Waals surface area contributed by atoms with E-state index in [1.807, 2.05) is 41.3 Å². The molecule has 0 atom stereocenters. The van der Waals surface area contributed by atoms with Crippen LogP contribution in [0.25, 0.3) is 0 Å². The van der Waals surface area contributed by atoms with Gasteiger partial charge in [-0.3, -0.25) is 4.79 Å². The fraction of sp³-hybridized carbons (Fsp3) is 0.421. The maximum atomic E-state index is 12.4. The van der Waals surface area contributed by atoms with E-state index in [4.69, 9.17) is 4.74 Å². The molecule has 0 spiro atoms. The van der Waals surface area contributed by atoms with E-state index in [-0.39, 0.29) is 12.5 Å². The number of carbonyl (C=O) groups excluding carboxylic acids is 1. The van der Waals surface area contributed by atoms with Crippen molar-refractivity contribution in [2.24, 2.45) is 0 Å². The number of amides is 1. The highest BCUT2D eigenvalue weighted by Crippen LogP contribution is 2.19. The van der Waals surface area contributed by atoms with Crippen LogP contribution in [0, 0.1) is 0 Å². The van der Waals surface area contributed by atoms with Crippen molar-refractivity contribution in [3.8, 4) is 5.75 Å². The van der Waals surface area contributed by atoms with Crippen molar-refractivity contribution < 1.29 is 9.53 Å². The molecular weight excluding hydrogens is 316 g/mol. The topological polar surface area (TPSA) is 67.3 Å². The zero-order chi connectivity index (χ0) is 17.5. The highest BCUT2D eigenvalue weighted by Gasteiger charge is 2.23. The predicted molar refractivity (Wildman–Crippen MR) is 96.6 cm³/mol. The number of likely N-dealkylation sites (tertiary alicyclic amines) is 1. The van der Waals surface area contributed by atoms with Crippen molar-refractivity contribution in [3.05, 3.63) is 48.2 Å². The number of nitrogens with zero attached hydrogens (tertiary/aromatic N) is 3. The Morgan fingerprint density at radius 3 is 2.76 bits per heavy atom. The van der Waals surface area contributed by atoms with Crippen LogP contribution in [0.1, 0.15) is 25.3 Å². The SMILES string of the molecule is CCc1ccccc1OCC(=O)N1CCC(Nc2cccnn2)CC1. The van der Waals surface area contributed by atoms with Crippen LogP contribution in [0.4, 0.5) is 5.82 Å². The molecule has 25 heavy (non-hydrogen) atoms. The number of hydrogen-bond donors (Lipinski definition) is 1. The average molecular weight is 340 g/mol. The second-order valence-electron chi connectivity index (χ2n) is 6.16. The Balaban J connectivity index is 1.45. The summed E-state index contributed by atoms with van der Waals surface area (Å²) in [6, 6.07) is 12.0. The van der Waals surface area contributed by atoms with Crippen molar-refractivity contribution in [1.82, 2.24) is 15.1 Å². The van der Waals surface area contributed by atoms with Crippen LogP contribution in [0.5, 0.6) is 5.75 Å². The van der Waals surface area contributed by atoms with E-state index in [9.17, 15) is 4.79 Å². The quantitative estimate of drug-likeness (QED) is 0.875. The molecule has 3 rings (SSSR count). The Hall–Kier alpha value is -2.63. The number of rotatable bonds is 6. The van der Waals surface area contributed by atoms with Crippen LogP contribution in [-0.4, -0.2) is 46.7 Å². The summed E-state index contributed by atoms with van der Waals surface area (Å²) >= 11 is 0. The highest BCUT2D eigenvalue weighted by atomic mass is 16.5. The number of aromatic nitrogens is 2. The van der Waals surface area contributed by atoms with E-state index >= 15 is 0 Å². The molecule has 0 radical (unpaired) electrons. The van der Waals surface area contributed by atoms with Crippen molar-refractivity contribution >= 4 is 11.7 Å². The van der Waals surface area contributed by atoms with Crippen LogP contribution in [0.3, 0.4) is 0 Å². The lowest BCUT2D eigenvalue weighted by Crippen LogP contribution is -2.44. The number of anilines is 1. The molecule has 2 aromatic rings. The zero-order valence-electron chi connectivity index (χ0n) is 14.5. The maximum absolute atomic E-state index is 12.4. The number of hydrogen-bond acceptors (Lipinski definition) is 5. The molecule has 1 aliphatic heterocycles. The van der Waals surface area contributed by atoms with Gasteiger partial charge in [0, 0.05) is 25.3 Å². The Bertz CT molecular complexity index is 685. The zero-order valence-corrected chi connectivity index (χ0v) is 14.5. The third-order valence-electron chi connectivity index (χ3n) is 4.48. The monoisotopic (exact) mass is 340 g/mol. The third-order valence-corrected chi connectivity index (χ3v) is 4.48. The van der Waals surface area contributed by atoms with Gasteiger partial charge < -0.3 is 15.0 Å². The maximum Gasteiger partial charge on any atom is 0.260 e. The number of ether oxygens (including phenoxy) is 1. The van der Waals surface area contributed by atoms with Gasteiger partial charge in [-0.25, -0.2) is 0 Å². The molecule has 6 nitrogen and oxygen atoms in total. The van der Waals surface area contributed by atoms with E-state index in [1.165, 1.54) is 0 Å². The molecular formula is C19H24N4O2. The fourth-order valence-electron chi connectivity index (χ4n) is 3.03. The van der Waals surface area contributed by atoms with E-state index in [2.05, 4.69) is 22.4 Å². The van der Waals surface area contributed by atoms with Gasteiger partial charge in [-0.1, -0.05) is 25.1 Å².